The fourth-order valence-corrected chi connectivity index (χ4v) is 6.06. The third kappa shape index (κ3) is 24.0. The van der Waals surface area contributed by atoms with Gasteiger partial charge in [-0.25, -0.2) is 4.98 Å². The van der Waals surface area contributed by atoms with Crippen LogP contribution in [0.3, 0.4) is 0 Å². The molecule has 7 nitrogen and oxygen atoms in total. The zero-order chi connectivity index (χ0) is 32.8. The van der Waals surface area contributed by atoms with E-state index in [2.05, 4.69) is 42.1 Å². The molecule has 2 atom stereocenters. The Kier molecular flexibility index (Phi) is 27.0. The van der Waals surface area contributed by atoms with Gasteiger partial charge in [-0.05, 0) is 76.4 Å². The van der Waals surface area contributed by atoms with Crippen LogP contribution < -0.4 is 0 Å². The van der Waals surface area contributed by atoms with Crippen LogP contribution in [-0.2, 0) is 25.6 Å². The minimum atomic E-state index is -0.0184. The SMILES string of the molecule is CCCCC(CC)CCC(=O)OCCCCCCN(CCCCCCOC(=O)CCC(CC)CCCC)CCCn1ccnc1. The predicted octanol–water partition coefficient (Wildman–Crippen LogP) is 9.78. The molecular weight excluding hydrogens is 562 g/mol. The summed E-state index contributed by atoms with van der Waals surface area (Å²) in [6.07, 6.45) is 28.6. The minimum Gasteiger partial charge on any atom is -0.466 e. The number of hydrogen-bond acceptors (Lipinski definition) is 6. The number of aryl methyl sites for hydroxylation is 1. The van der Waals surface area contributed by atoms with Gasteiger partial charge in [0.1, 0.15) is 0 Å². The molecule has 0 fully saturated rings. The molecule has 0 amide bonds. The van der Waals surface area contributed by atoms with E-state index < -0.39 is 0 Å². The van der Waals surface area contributed by atoms with Gasteiger partial charge in [0.05, 0.1) is 19.5 Å². The average Bonchev–Trinajstić information content (AvgIpc) is 3.57. The van der Waals surface area contributed by atoms with Crippen LogP contribution in [0, 0.1) is 11.8 Å². The number of rotatable bonds is 32. The van der Waals surface area contributed by atoms with Crippen molar-refractivity contribution in [3.63, 3.8) is 0 Å². The molecule has 0 aromatic carbocycles. The number of aromatic nitrogens is 2. The maximum atomic E-state index is 12.1. The number of carbonyl (C=O) groups excluding carboxylic acids is 2. The average molecular weight is 634 g/mol. The smallest absolute Gasteiger partial charge is 0.305 e. The van der Waals surface area contributed by atoms with Crippen molar-refractivity contribution in [1.29, 1.82) is 0 Å². The first-order valence-corrected chi connectivity index (χ1v) is 19.0. The van der Waals surface area contributed by atoms with Crippen molar-refractivity contribution in [1.82, 2.24) is 14.5 Å². The lowest BCUT2D eigenvalue weighted by Crippen LogP contribution is -2.28. The van der Waals surface area contributed by atoms with Gasteiger partial charge in [-0.3, -0.25) is 9.59 Å². The van der Waals surface area contributed by atoms with E-state index in [0.29, 0.717) is 37.9 Å². The number of imidazole rings is 1. The molecule has 0 saturated heterocycles. The van der Waals surface area contributed by atoms with E-state index in [1.165, 1.54) is 64.2 Å². The summed E-state index contributed by atoms with van der Waals surface area (Å²) in [6, 6.07) is 0. The van der Waals surface area contributed by atoms with Crippen molar-refractivity contribution in [2.45, 2.75) is 169 Å². The Hall–Kier alpha value is -1.89. The van der Waals surface area contributed by atoms with Crippen LogP contribution in [0.25, 0.3) is 0 Å². The van der Waals surface area contributed by atoms with Crippen molar-refractivity contribution in [3.05, 3.63) is 18.7 Å². The van der Waals surface area contributed by atoms with Gasteiger partial charge in [0.2, 0.25) is 0 Å². The summed E-state index contributed by atoms with van der Waals surface area (Å²) >= 11 is 0. The molecule has 262 valence electrons. The number of nitrogens with zero attached hydrogens (tertiary/aromatic N) is 3. The molecule has 7 heteroatoms. The van der Waals surface area contributed by atoms with Crippen molar-refractivity contribution < 1.29 is 19.1 Å². The molecule has 0 bridgehead atoms. The number of esters is 2. The molecule has 1 rings (SSSR count). The van der Waals surface area contributed by atoms with Crippen LogP contribution in [0.5, 0.6) is 0 Å². The zero-order valence-corrected chi connectivity index (χ0v) is 30.0. The Labute approximate surface area is 277 Å². The molecular formula is C38H71N3O4. The van der Waals surface area contributed by atoms with Crippen LogP contribution >= 0.6 is 0 Å². The number of unbranched alkanes of at least 4 members (excludes halogenated alkanes) is 8. The van der Waals surface area contributed by atoms with Gasteiger partial charge in [-0.1, -0.05) is 105 Å². The summed E-state index contributed by atoms with van der Waals surface area (Å²) in [5.74, 6) is 1.28. The van der Waals surface area contributed by atoms with Gasteiger partial charge in [-0.15, -0.1) is 0 Å². The second kappa shape index (κ2) is 29.5. The highest BCUT2D eigenvalue weighted by Crippen LogP contribution is 2.20. The van der Waals surface area contributed by atoms with Gasteiger partial charge in [0.25, 0.3) is 0 Å². The molecule has 1 aromatic heterocycles. The topological polar surface area (TPSA) is 73.7 Å². The first-order valence-electron chi connectivity index (χ1n) is 19.0. The second-order valence-electron chi connectivity index (χ2n) is 13.2. The summed E-state index contributed by atoms with van der Waals surface area (Å²) in [4.78, 5) is 31.1. The van der Waals surface area contributed by atoms with E-state index in [1.54, 1.807) is 0 Å². The lowest BCUT2D eigenvalue weighted by molar-refractivity contribution is -0.145. The highest BCUT2D eigenvalue weighted by Gasteiger charge is 2.12. The summed E-state index contributed by atoms with van der Waals surface area (Å²) in [5, 5.41) is 0. The van der Waals surface area contributed by atoms with E-state index in [4.69, 9.17) is 9.47 Å². The third-order valence-corrected chi connectivity index (χ3v) is 9.31. The van der Waals surface area contributed by atoms with Gasteiger partial charge in [0, 0.05) is 31.8 Å². The van der Waals surface area contributed by atoms with Crippen molar-refractivity contribution >= 4 is 11.9 Å². The summed E-state index contributed by atoms with van der Waals surface area (Å²) in [6.45, 7) is 14.4. The van der Waals surface area contributed by atoms with Gasteiger partial charge in [0.15, 0.2) is 0 Å². The first kappa shape index (κ1) is 41.1. The van der Waals surface area contributed by atoms with Gasteiger partial charge >= 0.3 is 11.9 Å². The Bertz CT molecular complexity index is 755. The molecule has 0 aliphatic heterocycles. The van der Waals surface area contributed by atoms with Crippen LogP contribution in [0.1, 0.15) is 163 Å². The Balaban J connectivity index is 2.19. The third-order valence-electron chi connectivity index (χ3n) is 9.31. The standard InChI is InChI=1S/C38H71N3O4/c1-5-9-20-35(7-3)22-24-37(42)44-32-17-13-11-15-27-40(29-19-30-41-31-26-39-34-41)28-16-12-14-18-33-45-38(43)25-23-36(8-4)21-10-6-2/h26,31,34-36H,5-25,27-30,32-33H2,1-4H3. The maximum Gasteiger partial charge on any atom is 0.305 e. The van der Waals surface area contributed by atoms with Crippen LogP contribution in [0.4, 0.5) is 0 Å². The van der Waals surface area contributed by atoms with E-state index >= 15 is 0 Å². The van der Waals surface area contributed by atoms with Crippen LogP contribution in [0.15, 0.2) is 18.7 Å². The molecule has 1 heterocycles. The Morgan fingerprint density at radius 1 is 0.644 bits per heavy atom. The number of ether oxygens (including phenoxy) is 2. The van der Waals surface area contributed by atoms with Crippen molar-refractivity contribution in [3.8, 4) is 0 Å². The van der Waals surface area contributed by atoms with Crippen LogP contribution in [-0.4, -0.2) is 59.2 Å². The van der Waals surface area contributed by atoms with E-state index in [-0.39, 0.29) is 11.9 Å². The minimum absolute atomic E-state index is 0.0184. The fourth-order valence-electron chi connectivity index (χ4n) is 6.06. The number of carbonyl (C=O) groups is 2. The quantitative estimate of drug-likeness (QED) is 0.0581. The van der Waals surface area contributed by atoms with Gasteiger partial charge < -0.3 is 18.9 Å². The Morgan fingerprint density at radius 3 is 1.58 bits per heavy atom. The van der Waals surface area contributed by atoms with E-state index in [0.717, 1.165) is 84.0 Å². The van der Waals surface area contributed by atoms with E-state index in [1.807, 2.05) is 18.7 Å². The molecule has 0 aliphatic carbocycles. The molecule has 0 spiro atoms. The lowest BCUT2D eigenvalue weighted by Gasteiger charge is -2.22. The Morgan fingerprint density at radius 2 is 1.13 bits per heavy atom. The highest BCUT2D eigenvalue weighted by atomic mass is 16.5. The van der Waals surface area contributed by atoms with E-state index in [9.17, 15) is 9.59 Å². The fraction of sp³-hybridized carbons (Fsp3) is 0.868. The highest BCUT2D eigenvalue weighted by molar-refractivity contribution is 5.69. The first-order chi connectivity index (χ1) is 22.0. The largest absolute Gasteiger partial charge is 0.466 e. The van der Waals surface area contributed by atoms with Crippen LogP contribution in [0.2, 0.25) is 0 Å². The maximum absolute atomic E-state index is 12.1. The summed E-state index contributed by atoms with van der Waals surface area (Å²) < 4.78 is 13.2. The molecule has 45 heavy (non-hydrogen) atoms. The molecule has 0 saturated carbocycles. The molecule has 0 aliphatic rings. The molecule has 0 radical (unpaired) electrons. The number of hydrogen-bond donors (Lipinski definition) is 0. The predicted molar refractivity (Wildman–Crippen MR) is 187 cm³/mol. The normalized spacial score (nSPS) is 12.8. The summed E-state index contributed by atoms with van der Waals surface area (Å²) in [7, 11) is 0. The molecule has 1 aromatic rings. The lowest BCUT2D eigenvalue weighted by atomic mass is 9.94. The summed E-state index contributed by atoms with van der Waals surface area (Å²) in [5.41, 5.74) is 0. The second-order valence-corrected chi connectivity index (χ2v) is 13.2. The molecule has 0 N–H and O–H groups in total. The van der Waals surface area contributed by atoms with Gasteiger partial charge in [-0.2, -0.15) is 0 Å². The zero-order valence-electron chi connectivity index (χ0n) is 30.0. The van der Waals surface area contributed by atoms with Crippen molar-refractivity contribution in [2.75, 3.05) is 32.8 Å². The monoisotopic (exact) mass is 634 g/mol. The molecule has 2 unspecified atom stereocenters. The van der Waals surface area contributed by atoms with Crippen molar-refractivity contribution in [2.24, 2.45) is 11.8 Å².